The number of imidazole rings is 1. The molecule has 0 saturated carbocycles. The van der Waals surface area contributed by atoms with E-state index in [2.05, 4.69) is 21.3 Å². The molecule has 4 rings (SSSR count). The van der Waals surface area contributed by atoms with E-state index in [0.29, 0.717) is 12.1 Å². The van der Waals surface area contributed by atoms with Gasteiger partial charge in [0.15, 0.2) is 5.82 Å². The number of nitrogens with zero attached hydrogens (tertiary/aromatic N) is 3. The number of hydrogen-bond acceptors (Lipinski definition) is 3. The number of fused-ring (bicyclic) bond motifs is 2. The third kappa shape index (κ3) is 2.63. The molecule has 1 N–H and O–H groups in total. The smallest absolute Gasteiger partial charge is 0.221 e. The Labute approximate surface area is 145 Å². The van der Waals surface area contributed by atoms with Gasteiger partial charge >= 0.3 is 0 Å². The van der Waals surface area contributed by atoms with Crippen molar-refractivity contribution in [2.45, 2.75) is 19.9 Å². The normalized spacial score (nSPS) is 13.8. The van der Waals surface area contributed by atoms with Crippen molar-refractivity contribution in [3.63, 3.8) is 0 Å². The van der Waals surface area contributed by atoms with Gasteiger partial charge < -0.3 is 14.8 Å². The van der Waals surface area contributed by atoms with Gasteiger partial charge in [0.2, 0.25) is 11.9 Å². The molecular formula is C19H19FN4O. The molecule has 1 aliphatic rings. The fourth-order valence-corrected chi connectivity index (χ4v) is 3.54. The number of rotatable bonds is 2. The minimum absolute atomic E-state index is 0.0679. The van der Waals surface area contributed by atoms with Crippen LogP contribution < -0.4 is 10.2 Å². The van der Waals surface area contributed by atoms with Gasteiger partial charge in [0, 0.05) is 32.7 Å². The Morgan fingerprint density at radius 3 is 2.80 bits per heavy atom. The van der Waals surface area contributed by atoms with Crippen molar-refractivity contribution in [3.8, 4) is 0 Å². The van der Waals surface area contributed by atoms with Crippen LogP contribution in [0.2, 0.25) is 0 Å². The highest BCUT2D eigenvalue weighted by Crippen LogP contribution is 2.30. The summed E-state index contributed by atoms with van der Waals surface area (Å²) in [6.07, 6.45) is 0.803. The highest BCUT2D eigenvalue weighted by Gasteiger charge is 2.23. The maximum atomic E-state index is 14.0. The summed E-state index contributed by atoms with van der Waals surface area (Å²) < 4.78 is 16.0. The monoisotopic (exact) mass is 338 g/mol. The minimum Gasteiger partial charge on any atom is -0.338 e. The lowest BCUT2D eigenvalue weighted by Crippen LogP contribution is -2.32. The summed E-state index contributed by atoms with van der Waals surface area (Å²) in [4.78, 5) is 18.1. The first-order chi connectivity index (χ1) is 12.0. The van der Waals surface area contributed by atoms with Crippen molar-refractivity contribution in [1.82, 2.24) is 9.55 Å². The summed E-state index contributed by atoms with van der Waals surface area (Å²) in [6, 6.07) is 11.0. The number of hydrogen-bond donors (Lipinski definition) is 1. The molecular weight excluding hydrogens is 319 g/mol. The van der Waals surface area contributed by atoms with E-state index in [0.717, 1.165) is 35.7 Å². The number of amides is 1. The third-order valence-electron chi connectivity index (χ3n) is 4.70. The molecule has 6 heteroatoms. The van der Waals surface area contributed by atoms with Crippen LogP contribution in [0.15, 0.2) is 36.4 Å². The van der Waals surface area contributed by atoms with Gasteiger partial charge in [-0.25, -0.2) is 9.37 Å². The first-order valence-corrected chi connectivity index (χ1v) is 8.29. The lowest BCUT2D eigenvalue weighted by molar-refractivity contribution is -0.114. The summed E-state index contributed by atoms with van der Waals surface area (Å²) in [5.41, 5.74) is 4.38. The highest BCUT2D eigenvalue weighted by molar-refractivity contribution is 5.90. The molecule has 0 aliphatic carbocycles. The van der Waals surface area contributed by atoms with Crippen LogP contribution in [0.1, 0.15) is 18.1 Å². The van der Waals surface area contributed by atoms with Crippen molar-refractivity contribution >= 4 is 28.6 Å². The van der Waals surface area contributed by atoms with E-state index in [1.54, 1.807) is 6.07 Å². The van der Waals surface area contributed by atoms with E-state index in [-0.39, 0.29) is 11.7 Å². The van der Waals surface area contributed by atoms with Crippen LogP contribution in [0.4, 0.5) is 16.0 Å². The zero-order valence-corrected chi connectivity index (χ0v) is 14.2. The van der Waals surface area contributed by atoms with E-state index in [4.69, 9.17) is 0 Å². The number of aromatic nitrogens is 2. The highest BCUT2D eigenvalue weighted by atomic mass is 19.1. The molecule has 0 spiro atoms. The van der Waals surface area contributed by atoms with E-state index in [1.807, 2.05) is 29.8 Å². The molecule has 2 aromatic carbocycles. The fraction of sp³-hybridized carbons (Fsp3) is 0.263. The van der Waals surface area contributed by atoms with Crippen LogP contribution in [0.5, 0.6) is 0 Å². The molecule has 0 fully saturated rings. The lowest BCUT2D eigenvalue weighted by atomic mass is 9.98. The van der Waals surface area contributed by atoms with Crippen molar-refractivity contribution in [2.75, 3.05) is 16.8 Å². The quantitative estimate of drug-likeness (QED) is 0.780. The zero-order chi connectivity index (χ0) is 17.6. The van der Waals surface area contributed by atoms with Crippen molar-refractivity contribution in [3.05, 3.63) is 53.3 Å². The molecule has 3 aromatic rings. The number of benzene rings is 2. The molecule has 25 heavy (non-hydrogen) atoms. The second kappa shape index (κ2) is 5.88. The third-order valence-corrected chi connectivity index (χ3v) is 4.70. The number of nitrogens with one attached hydrogen (secondary N) is 1. The fourth-order valence-electron chi connectivity index (χ4n) is 3.54. The molecule has 1 aromatic heterocycles. The molecule has 0 atom stereocenters. The Morgan fingerprint density at radius 2 is 2.04 bits per heavy atom. The summed E-state index contributed by atoms with van der Waals surface area (Å²) in [5.74, 6) is 0.391. The molecule has 2 heterocycles. The number of carbonyl (C=O) groups is 1. The van der Waals surface area contributed by atoms with Gasteiger partial charge in [0.25, 0.3) is 0 Å². The molecule has 5 nitrogen and oxygen atoms in total. The SMILES string of the molecule is CC(=O)Nc1cccc2c1CCN(c1nc3c(F)cccc3n1C)C2. The van der Waals surface area contributed by atoms with Gasteiger partial charge in [0.1, 0.15) is 5.52 Å². The van der Waals surface area contributed by atoms with E-state index < -0.39 is 0 Å². The van der Waals surface area contributed by atoms with Crippen LogP contribution >= 0.6 is 0 Å². The topological polar surface area (TPSA) is 50.2 Å². The number of aryl methyl sites for hydroxylation is 1. The van der Waals surface area contributed by atoms with Crippen molar-refractivity contribution in [1.29, 1.82) is 0 Å². The van der Waals surface area contributed by atoms with Crippen LogP contribution in [-0.2, 0) is 24.8 Å². The predicted molar refractivity (Wildman–Crippen MR) is 96.2 cm³/mol. The number of para-hydroxylation sites is 1. The zero-order valence-electron chi connectivity index (χ0n) is 14.2. The van der Waals surface area contributed by atoms with Gasteiger partial charge in [-0.05, 0) is 35.7 Å². The molecule has 0 bridgehead atoms. The van der Waals surface area contributed by atoms with Crippen LogP contribution in [-0.4, -0.2) is 22.0 Å². The van der Waals surface area contributed by atoms with Crippen LogP contribution in [0, 0.1) is 5.82 Å². The summed E-state index contributed by atoms with van der Waals surface area (Å²) in [7, 11) is 1.91. The predicted octanol–water partition coefficient (Wildman–Crippen LogP) is 3.23. The Balaban J connectivity index is 1.71. The largest absolute Gasteiger partial charge is 0.338 e. The van der Waals surface area contributed by atoms with Gasteiger partial charge in [0.05, 0.1) is 5.52 Å². The standard InChI is InChI=1S/C19H19FN4O/c1-12(25)21-16-7-3-5-13-11-24(10-9-14(13)16)19-22-18-15(20)6-4-8-17(18)23(19)2/h3-8H,9-11H2,1-2H3,(H,21,25). The van der Waals surface area contributed by atoms with Crippen LogP contribution in [0.25, 0.3) is 11.0 Å². The maximum Gasteiger partial charge on any atom is 0.221 e. The number of halogens is 1. The van der Waals surface area contributed by atoms with Gasteiger partial charge in [-0.1, -0.05) is 18.2 Å². The second-order valence-corrected chi connectivity index (χ2v) is 6.37. The summed E-state index contributed by atoms with van der Waals surface area (Å²) >= 11 is 0. The second-order valence-electron chi connectivity index (χ2n) is 6.37. The Kier molecular flexibility index (Phi) is 3.67. The van der Waals surface area contributed by atoms with Crippen molar-refractivity contribution in [2.24, 2.45) is 7.05 Å². The molecule has 0 radical (unpaired) electrons. The van der Waals surface area contributed by atoms with E-state index >= 15 is 0 Å². The van der Waals surface area contributed by atoms with Gasteiger partial charge in [-0.15, -0.1) is 0 Å². The molecule has 0 saturated heterocycles. The summed E-state index contributed by atoms with van der Waals surface area (Å²) in [6.45, 7) is 2.96. The lowest BCUT2D eigenvalue weighted by Gasteiger charge is -2.30. The van der Waals surface area contributed by atoms with Gasteiger partial charge in [-0.2, -0.15) is 0 Å². The summed E-state index contributed by atoms with van der Waals surface area (Å²) in [5, 5.41) is 2.90. The van der Waals surface area contributed by atoms with Crippen molar-refractivity contribution < 1.29 is 9.18 Å². The van der Waals surface area contributed by atoms with Crippen LogP contribution in [0.3, 0.4) is 0 Å². The number of anilines is 2. The Hall–Kier alpha value is -2.89. The average molecular weight is 338 g/mol. The van der Waals surface area contributed by atoms with E-state index in [1.165, 1.54) is 18.6 Å². The molecule has 1 amide bonds. The number of carbonyl (C=O) groups excluding carboxylic acids is 1. The molecule has 128 valence electrons. The Morgan fingerprint density at radius 1 is 1.24 bits per heavy atom. The Bertz CT molecular complexity index is 979. The first-order valence-electron chi connectivity index (χ1n) is 8.29. The van der Waals surface area contributed by atoms with E-state index in [9.17, 15) is 9.18 Å². The molecule has 0 unspecified atom stereocenters. The first kappa shape index (κ1) is 15.6. The van der Waals surface area contributed by atoms with Gasteiger partial charge in [-0.3, -0.25) is 4.79 Å². The average Bonchev–Trinajstić information content (AvgIpc) is 2.93. The molecule has 1 aliphatic heterocycles. The maximum absolute atomic E-state index is 14.0. The minimum atomic E-state index is -0.301.